The summed E-state index contributed by atoms with van der Waals surface area (Å²) in [6.45, 7) is 3.78. The summed E-state index contributed by atoms with van der Waals surface area (Å²) in [7, 11) is 1.70. The second-order valence-corrected chi connectivity index (χ2v) is 3.92. The third kappa shape index (κ3) is 1.63. The fourth-order valence-electron chi connectivity index (χ4n) is 1.85. The maximum absolute atomic E-state index is 12.0. The number of hydrogen-bond donors (Lipinski definition) is 2. The molecule has 16 heavy (non-hydrogen) atoms. The van der Waals surface area contributed by atoms with Gasteiger partial charge in [-0.2, -0.15) is 0 Å². The third-order valence-corrected chi connectivity index (χ3v) is 2.95. The number of aromatic nitrogens is 1. The molecule has 1 aromatic rings. The molecule has 5 nitrogen and oxygen atoms in total. The van der Waals surface area contributed by atoms with Crippen molar-refractivity contribution in [3.8, 4) is 0 Å². The highest BCUT2D eigenvalue weighted by Gasteiger charge is 2.23. The summed E-state index contributed by atoms with van der Waals surface area (Å²) in [5.41, 5.74) is 1.83. The van der Waals surface area contributed by atoms with Gasteiger partial charge in [0.15, 0.2) is 0 Å². The zero-order valence-corrected chi connectivity index (χ0v) is 9.46. The van der Waals surface area contributed by atoms with Crippen molar-refractivity contribution in [3.63, 3.8) is 0 Å². The van der Waals surface area contributed by atoms with E-state index >= 15 is 0 Å². The molecule has 0 saturated heterocycles. The molecule has 2 N–H and O–H groups in total. The number of amides is 1. The van der Waals surface area contributed by atoms with E-state index in [2.05, 4.69) is 10.3 Å². The first kappa shape index (κ1) is 10.9. The second-order valence-electron chi connectivity index (χ2n) is 3.92. The molecule has 1 amide bonds. The van der Waals surface area contributed by atoms with E-state index in [1.165, 1.54) is 0 Å². The molecule has 2 rings (SSSR count). The molecule has 0 spiro atoms. The molecule has 0 saturated carbocycles. The van der Waals surface area contributed by atoms with Gasteiger partial charge in [0.25, 0.3) is 11.5 Å². The van der Waals surface area contributed by atoms with Gasteiger partial charge in [0, 0.05) is 32.9 Å². The predicted octanol–water partition coefficient (Wildman–Crippen LogP) is 0.0700. The Hall–Kier alpha value is -1.62. The highest BCUT2D eigenvalue weighted by Crippen LogP contribution is 2.16. The number of carbonyl (C=O) groups excluding carboxylic acids is 1. The summed E-state index contributed by atoms with van der Waals surface area (Å²) < 4.78 is 0. The Bertz CT molecular complexity index is 479. The summed E-state index contributed by atoms with van der Waals surface area (Å²) >= 11 is 0. The molecule has 0 aromatic carbocycles. The van der Waals surface area contributed by atoms with Crippen LogP contribution in [0.25, 0.3) is 0 Å². The second kappa shape index (κ2) is 4.09. The number of pyridine rings is 1. The number of nitrogens with one attached hydrogen (secondary N) is 2. The van der Waals surface area contributed by atoms with Crippen LogP contribution in [0.2, 0.25) is 0 Å². The molecular weight excluding hydrogens is 206 g/mol. The molecule has 86 valence electrons. The van der Waals surface area contributed by atoms with Crippen molar-refractivity contribution in [1.82, 2.24) is 15.2 Å². The molecule has 1 aliphatic rings. The molecule has 0 atom stereocenters. The normalized spacial score (nSPS) is 13.6. The molecule has 1 aromatic heterocycles. The number of H-pyrrole nitrogens is 1. The van der Waals surface area contributed by atoms with Crippen LogP contribution in [0.4, 0.5) is 0 Å². The lowest BCUT2D eigenvalue weighted by atomic mass is 10.1. The van der Waals surface area contributed by atoms with Crippen LogP contribution in [-0.2, 0) is 13.1 Å². The van der Waals surface area contributed by atoms with Crippen molar-refractivity contribution >= 4 is 5.91 Å². The number of rotatable bonds is 2. The van der Waals surface area contributed by atoms with Crippen LogP contribution >= 0.6 is 0 Å². The van der Waals surface area contributed by atoms with E-state index in [9.17, 15) is 9.59 Å². The fourth-order valence-corrected chi connectivity index (χ4v) is 1.85. The van der Waals surface area contributed by atoms with Gasteiger partial charge in [-0.25, -0.2) is 0 Å². The van der Waals surface area contributed by atoms with E-state index in [0.29, 0.717) is 19.6 Å². The minimum absolute atomic E-state index is 0.204. The summed E-state index contributed by atoms with van der Waals surface area (Å²) in [6, 6.07) is 0. The zero-order valence-electron chi connectivity index (χ0n) is 9.46. The lowest BCUT2D eigenvalue weighted by Crippen LogP contribution is -2.33. The van der Waals surface area contributed by atoms with Crippen LogP contribution in [0, 0.1) is 0 Å². The maximum Gasteiger partial charge on any atom is 0.261 e. The fraction of sp³-hybridized carbons (Fsp3) is 0.455. The van der Waals surface area contributed by atoms with Gasteiger partial charge in [-0.3, -0.25) is 9.59 Å². The highest BCUT2D eigenvalue weighted by atomic mass is 16.2. The quantitative estimate of drug-likeness (QED) is 0.742. The maximum atomic E-state index is 12.0. The largest absolute Gasteiger partial charge is 0.342 e. The molecule has 0 unspecified atom stereocenters. The first-order valence-corrected chi connectivity index (χ1v) is 5.34. The lowest BCUT2D eigenvalue weighted by Gasteiger charge is -2.15. The van der Waals surface area contributed by atoms with Gasteiger partial charge in [-0.1, -0.05) is 0 Å². The van der Waals surface area contributed by atoms with Gasteiger partial charge in [-0.15, -0.1) is 0 Å². The van der Waals surface area contributed by atoms with Gasteiger partial charge in [0.2, 0.25) is 0 Å². The van der Waals surface area contributed by atoms with Gasteiger partial charge in [0.1, 0.15) is 5.56 Å². The Morgan fingerprint density at radius 1 is 1.50 bits per heavy atom. The van der Waals surface area contributed by atoms with Crippen molar-refractivity contribution in [2.24, 2.45) is 0 Å². The molecule has 0 aliphatic carbocycles. The van der Waals surface area contributed by atoms with E-state index in [-0.39, 0.29) is 17.0 Å². The van der Waals surface area contributed by atoms with Crippen molar-refractivity contribution in [3.05, 3.63) is 33.2 Å². The van der Waals surface area contributed by atoms with E-state index in [1.54, 1.807) is 18.1 Å². The van der Waals surface area contributed by atoms with Gasteiger partial charge in [0.05, 0.1) is 0 Å². The topological polar surface area (TPSA) is 65.2 Å². The monoisotopic (exact) mass is 221 g/mol. The van der Waals surface area contributed by atoms with Crippen molar-refractivity contribution in [2.45, 2.75) is 20.0 Å². The van der Waals surface area contributed by atoms with Gasteiger partial charge >= 0.3 is 0 Å². The van der Waals surface area contributed by atoms with Crippen molar-refractivity contribution in [1.29, 1.82) is 0 Å². The smallest absolute Gasteiger partial charge is 0.261 e. The Morgan fingerprint density at radius 2 is 2.25 bits per heavy atom. The Balaban J connectivity index is 2.52. The van der Waals surface area contributed by atoms with E-state index in [4.69, 9.17) is 0 Å². The minimum Gasteiger partial charge on any atom is -0.342 e. The summed E-state index contributed by atoms with van der Waals surface area (Å²) in [5.74, 6) is -0.204. The molecular formula is C11H15N3O2. The van der Waals surface area contributed by atoms with Crippen LogP contribution in [0.3, 0.4) is 0 Å². The van der Waals surface area contributed by atoms with Crippen molar-refractivity contribution in [2.75, 3.05) is 13.6 Å². The summed E-state index contributed by atoms with van der Waals surface area (Å²) in [5, 5.41) is 3.14. The highest BCUT2D eigenvalue weighted by molar-refractivity contribution is 5.95. The van der Waals surface area contributed by atoms with E-state index in [1.807, 2.05) is 6.92 Å². The first-order chi connectivity index (χ1) is 7.65. The molecule has 5 heteroatoms. The molecule has 0 fully saturated rings. The zero-order chi connectivity index (χ0) is 11.7. The molecule has 0 bridgehead atoms. The third-order valence-electron chi connectivity index (χ3n) is 2.95. The Labute approximate surface area is 93.5 Å². The Morgan fingerprint density at radius 3 is 2.94 bits per heavy atom. The van der Waals surface area contributed by atoms with Crippen LogP contribution in [0.1, 0.15) is 28.4 Å². The summed E-state index contributed by atoms with van der Waals surface area (Å²) in [4.78, 5) is 27.9. The van der Waals surface area contributed by atoms with Crippen LogP contribution in [0.15, 0.2) is 11.0 Å². The first-order valence-electron chi connectivity index (χ1n) is 5.34. The van der Waals surface area contributed by atoms with Gasteiger partial charge < -0.3 is 15.2 Å². The molecule has 2 heterocycles. The number of aromatic amines is 1. The Kier molecular flexibility index (Phi) is 2.78. The van der Waals surface area contributed by atoms with E-state index in [0.717, 1.165) is 11.1 Å². The van der Waals surface area contributed by atoms with Crippen LogP contribution in [0.5, 0.6) is 0 Å². The number of hydrogen-bond acceptors (Lipinski definition) is 3. The summed E-state index contributed by atoms with van der Waals surface area (Å²) in [6.07, 6.45) is 1.68. The molecule has 1 aliphatic heterocycles. The van der Waals surface area contributed by atoms with Gasteiger partial charge in [-0.05, 0) is 18.1 Å². The molecule has 0 radical (unpaired) electrons. The van der Waals surface area contributed by atoms with Crippen LogP contribution < -0.4 is 10.9 Å². The van der Waals surface area contributed by atoms with Crippen molar-refractivity contribution < 1.29 is 4.79 Å². The van der Waals surface area contributed by atoms with E-state index < -0.39 is 0 Å². The predicted molar refractivity (Wildman–Crippen MR) is 60.2 cm³/mol. The number of fused-ring (bicyclic) bond motifs is 1. The average Bonchev–Trinajstić information content (AvgIpc) is 2.75. The standard InChI is InChI=1S/C11H15N3O2/c1-3-14(2)11(16)9-8-6-12-4-7(8)5-13-10(9)15/h5,12H,3-4,6H2,1-2H3,(H,13,15). The number of nitrogens with zero attached hydrogens (tertiary/aromatic N) is 1. The average molecular weight is 221 g/mol. The lowest BCUT2D eigenvalue weighted by molar-refractivity contribution is 0.0799. The SMILES string of the molecule is CCN(C)C(=O)c1c2c(c[nH]c1=O)CNC2. The number of carbonyl (C=O) groups is 1. The van der Waals surface area contributed by atoms with Crippen LogP contribution in [-0.4, -0.2) is 29.4 Å². The minimum atomic E-state index is -0.298.